The first-order chi connectivity index (χ1) is 10.3. The molecule has 1 aliphatic heterocycles. The molecule has 1 aliphatic carbocycles. The Kier molecular flexibility index (Phi) is 5.19. The van der Waals surface area contributed by atoms with Crippen LogP contribution in [0.4, 0.5) is 5.69 Å². The lowest BCUT2D eigenvalue weighted by Crippen LogP contribution is -2.53. The monoisotopic (exact) mass is 352 g/mol. The third kappa shape index (κ3) is 3.43. The molecule has 2 unspecified atom stereocenters. The predicted octanol–water partition coefficient (Wildman–Crippen LogP) is 3.71. The molecule has 1 aromatic rings. The number of hydrogen-bond acceptors (Lipinski definition) is 3. The minimum atomic E-state index is 0.433. The Morgan fingerprint density at radius 2 is 2.19 bits per heavy atom. The van der Waals surface area contributed by atoms with Gasteiger partial charge in [0.1, 0.15) is 0 Å². The molecule has 21 heavy (non-hydrogen) atoms. The fourth-order valence-corrected chi connectivity index (χ4v) is 4.04. The number of benzene rings is 1. The number of nitrogens with zero attached hydrogens (tertiary/aromatic N) is 1. The van der Waals surface area contributed by atoms with E-state index in [1.54, 1.807) is 0 Å². The Labute approximate surface area is 136 Å². The summed E-state index contributed by atoms with van der Waals surface area (Å²) in [6.45, 7) is 5.96. The van der Waals surface area contributed by atoms with Crippen molar-refractivity contribution in [3.05, 3.63) is 28.2 Å². The van der Waals surface area contributed by atoms with Crippen molar-refractivity contribution in [3.63, 3.8) is 0 Å². The van der Waals surface area contributed by atoms with Gasteiger partial charge in [0.05, 0.1) is 18.8 Å². The number of anilines is 1. The molecule has 4 heteroatoms. The third-order valence-corrected chi connectivity index (χ3v) is 5.14. The highest BCUT2D eigenvalue weighted by atomic mass is 79.9. The number of ether oxygens (including phenoxy) is 1. The molecule has 2 aliphatic rings. The lowest BCUT2D eigenvalue weighted by molar-refractivity contribution is -0.00874. The van der Waals surface area contributed by atoms with Gasteiger partial charge in [0.2, 0.25) is 0 Å². The fourth-order valence-electron chi connectivity index (χ4n) is 3.63. The molecule has 1 N–H and O–H groups in total. The van der Waals surface area contributed by atoms with Crippen molar-refractivity contribution >= 4 is 21.6 Å². The summed E-state index contributed by atoms with van der Waals surface area (Å²) in [5, 5.41) is 3.46. The number of nitrogens with one attached hydrogen (secondary N) is 1. The number of morpholine rings is 1. The van der Waals surface area contributed by atoms with Crippen LogP contribution in [0, 0.1) is 0 Å². The number of rotatable bonds is 4. The molecule has 2 atom stereocenters. The van der Waals surface area contributed by atoms with Gasteiger partial charge in [-0.25, -0.2) is 0 Å². The van der Waals surface area contributed by atoms with Crippen LogP contribution in [0.15, 0.2) is 22.7 Å². The first kappa shape index (κ1) is 15.3. The van der Waals surface area contributed by atoms with Crippen molar-refractivity contribution in [2.45, 2.75) is 51.3 Å². The Hall–Kier alpha value is -0.580. The lowest BCUT2D eigenvalue weighted by atomic mass is 9.89. The van der Waals surface area contributed by atoms with Crippen molar-refractivity contribution < 1.29 is 4.74 Å². The van der Waals surface area contributed by atoms with Gasteiger partial charge in [-0.05, 0) is 43.1 Å². The molecule has 0 spiro atoms. The Balaban J connectivity index is 1.87. The quantitative estimate of drug-likeness (QED) is 0.893. The largest absolute Gasteiger partial charge is 0.374 e. The van der Waals surface area contributed by atoms with Crippen molar-refractivity contribution in [2.24, 2.45) is 0 Å². The van der Waals surface area contributed by atoms with Crippen molar-refractivity contribution in [2.75, 3.05) is 24.6 Å². The first-order valence-electron chi connectivity index (χ1n) is 8.17. The zero-order valence-corrected chi connectivity index (χ0v) is 14.4. The van der Waals surface area contributed by atoms with Gasteiger partial charge in [0.25, 0.3) is 0 Å². The minimum Gasteiger partial charge on any atom is -0.374 e. The van der Waals surface area contributed by atoms with Crippen LogP contribution in [0.25, 0.3) is 0 Å². The SMILES string of the molecule is CCNCc1cc(Br)ccc1N1CCOC2CCCCC21. The van der Waals surface area contributed by atoms with Crippen molar-refractivity contribution in [1.82, 2.24) is 5.32 Å². The molecule has 0 amide bonds. The Bertz CT molecular complexity index is 478. The van der Waals surface area contributed by atoms with Crippen LogP contribution in [-0.4, -0.2) is 31.8 Å². The van der Waals surface area contributed by atoms with Crippen molar-refractivity contribution in [1.29, 1.82) is 0 Å². The van der Waals surface area contributed by atoms with Crippen LogP contribution in [0.3, 0.4) is 0 Å². The zero-order chi connectivity index (χ0) is 14.7. The predicted molar refractivity (Wildman–Crippen MR) is 90.9 cm³/mol. The molecule has 1 aromatic carbocycles. The highest BCUT2D eigenvalue weighted by molar-refractivity contribution is 9.10. The van der Waals surface area contributed by atoms with Crippen LogP contribution in [-0.2, 0) is 11.3 Å². The third-order valence-electron chi connectivity index (χ3n) is 4.65. The molecule has 2 fully saturated rings. The highest BCUT2D eigenvalue weighted by Crippen LogP contribution is 2.34. The second kappa shape index (κ2) is 7.12. The molecule has 116 valence electrons. The van der Waals surface area contributed by atoms with E-state index in [2.05, 4.69) is 51.3 Å². The average Bonchev–Trinajstić information content (AvgIpc) is 2.52. The van der Waals surface area contributed by atoms with Gasteiger partial charge in [0, 0.05) is 23.2 Å². The van der Waals surface area contributed by atoms with Crippen LogP contribution in [0.5, 0.6) is 0 Å². The second-order valence-corrected chi connectivity index (χ2v) is 6.92. The maximum absolute atomic E-state index is 6.01. The van der Waals surface area contributed by atoms with E-state index in [9.17, 15) is 0 Å². The first-order valence-corrected chi connectivity index (χ1v) is 8.96. The van der Waals surface area contributed by atoms with E-state index in [1.807, 2.05) is 0 Å². The summed E-state index contributed by atoms with van der Waals surface area (Å²) >= 11 is 3.61. The van der Waals surface area contributed by atoms with Gasteiger partial charge < -0.3 is 15.0 Å². The van der Waals surface area contributed by atoms with Gasteiger partial charge in [-0.15, -0.1) is 0 Å². The van der Waals surface area contributed by atoms with E-state index in [-0.39, 0.29) is 0 Å². The van der Waals surface area contributed by atoms with Crippen LogP contribution in [0.2, 0.25) is 0 Å². The summed E-state index contributed by atoms with van der Waals surface area (Å²) in [6.07, 6.45) is 5.57. The van der Waals surface area contributed by atoms with Crippen LogP contribution in [0.1, 0.15) is 38.2 Å². The van der Waals surface area contributed by atoms with E-state index in [1.165, 1.54) is 36.9 Å². The van der Waals surface area contributed by atoms with Gasteiger partial charge in [-0.1, -0.05) is 35.7 Å². The van der Waals surface area contributed by atoms with Gasteiger partial charge >= 0.3 is 0 Å². The number of fused-ring (bicyclic) bond motifs is 1. The maximum Gasteiger partial charge on any atom is 0.0779 e. The van der Waals surface area contributed by atoms with Gasteiger partial charge in [0.15, 0.2) is 0 Å². The Morgan fingerprint density at radius 1 is 1.33 bits per heavy atom. The molecule has 1 heterocycles. The Morgan fingerprint density at radius 3 is 3.05 bits per heavy atom. The van der Waals surface area contributed by atoms with Crippen molar-refractivity contribution in [3.8, 4) is 0 Å². The molecule has 1 saturated carbocycles. The maximum atomic E-state index is 6.01. The van der Waals surface area contributed by atoms with E-state index in [0.717, 1.165) is 30.7 Å². The summed E-state index contributed by atoms with van der Waals surface area (Å²) in [5.41, 5.74) is 2.77. The highest BCUT2D eigenvalue weighted by Gasteiger charge is 2.34. The second-order valence-electron chi connectivity index (χ2n) is 6.01. The molecule has 3 rings (SSSR count). The summed E-state index contributed by atoms with van der Waals surface area (Å²) in [7, 11) is 0. The summed E-state index contributed by atoms with van der Waals surface area (Å²) in [5.74, 6) is 0. The summed E-state index contributed by atoms with van der Waals surface area (Å²) < 4.78 is 7.17. The average molecular weight is 353 g/mol. The normalized spacial score (nSPS) is 25.7. The molecule has 0 bridgehead atoms. The molecule has 0 aromatic heterocycles. The van der Waals surface area contributed by atoms with Crippen LogP contribution >= 0.6 is 15.9 Å². The standard InChI is InChI=1S/C17H25BrN2O/c1-2-19-12-13-11-14(18)7-8-15(13)20-9-10-21-17-6-4-3-5-16(17)20/h7-8,11,16-17,19H,2-6,9-10,12H2,1H3. The lowest BCUT2D eigenvalue weighted by Gasteiger charge is -2.45. The minimum absolute atomic E-state index is 0.433. The van der Waals surface area contributed by atoms with E-state index >= 15 is 0 Å². The number of hydrogen-bond donors (Lipinski definition) is 1. The fraction of sp³-hybridized carbons (Fsp3) is 0.647. The summed E-state index contributed by atoms with van der Waals surface area (Å²) in [6, 6.07) is 7.26. The molecular formula is C17H25BrN2O. The topological polar surface area (TPSA) is 24.5 Å². The molecular weight excluding hydrogens is 328 g/mol. The van der Waals surface area contributed by atoms with E-state index in [0.29, 0.717) is 12.1 Å². The van der Waals surface area contributed by atoms with Gasteiger partial charge in [-0.2, -0.15) is 0 Å². The number of halogens is 1. The van der Waals surface area contributed by atoms with Crippen LogP contribution < -0.4 is 10.2 Å². The van der Waals surface area contributed by atoms with E-state index < -0.39 is 0 Å². The summed E-state index contributed by atoms with van der Waals surface area (Å²) in [4.78, 5) is 2.60. The smallest absolute Gasteiger partial charge is 0.0779 e. The van der Waals surface area contributed by atoms with E-state index in [4.69, 9.17) is 4.74 Å². The molecule has 1 saturated heterocycles. The molecule has 3 nitrogen and oxygen atoms in total. The van der Waals surface area contributed by atoms with Gasteiger partial charge in [-0.3, -0.25) is 0 Å². The zero-order valence-electron chi connectivity index (χ0n) is 12.8. The molecule has 0 radical (unpaired) electrons.